The summed E-state index contributed by atoms with van der Waals surface area (Å²) < 4.78 is 1.11. The average Bonchev–Trinajstić information content (AvgIpc) is 2.82. The Morgan fingerprint density at radius 3 is 2.21 bits per heavy atom. The maximum atomic E-state index is 13.3. The molecule has 34 heavy (non-hydrogen) atoms. The zero-order chi connectivity index (χ0) is 24.4. The summed E-state index contributed by atoms with van der Waals surface area (Å²) in [6, 6.07) is 18.2. The van der Waals surface area contributed by atoms with E-state index in [1.807, 2.05) is 0 Å². The molecule has 0 spiro atoms. The topological polar surface area (TPSA) is 88.4 Å². The van der Waals surface area contributed by atoms with Crippen LogP contribution in [-0.2, 0) is 0 Å². The Morgan fingerprint density at radius 2 is 1.50 bits per heavy atom. The number of pyridine rings is 1. The first-order valence-corrected chi connectivity index (χ1v) is 11.0. The van der Waals surface area contributed by atoms with Gasteiger partial charge < -0.3 is 10.4 Å². The molecule has 0 saturated carbocycles. The highest BCUT2D eigenvalue weighted by atomic mass is 35.5. The molecule has 4 aromatic rings. The number of phenols is 1. The second-order valence-electron chi connectivity index (χ2n) is 7.19. The minimum Gasteiger partial charge on any atom is -0.507 e. The first-order valence-electron chi connectivity index (χ1n) is 9.87. The third-order valence-electron chi connectivity index (χ3n) is 4.96. The van der Waals surface area contributed by atoms with Crippen molar-refractivity contribution in [3.63, 3.8) is 0 Å². The van der Waals surface area contributed by atoms with Crippen LogP contribution >= 0.6 is 34.8 Å². The summed E-state index contributed by atoms with van der Waals surface area (Å²) in [6.07, 6.45) is 1.26. The Balaban J connectivity index is 1.90. The van der Waals surface area contributed by atoms with Gasteiger partial charge in [0.15, 0.2) is 5.78 Å². The van der Waals surface area contributed by atoms with Gasteiger partial charge in [0.05, 0.1) is 27.0 Å². The summed E-state index contributed by atoms with van der Waals surface area (Å²) in [5, 5.41) is 13.5. The van der Waals surface area contributed by atoms with Gasteiger partial charge in [-0.1, -0.05) is 59.1 Å². The number of phenolic OH excluding ortho intramolecular Hbond substituents is 1. The SMILES string of the molecule is O=C(c1cc(C(=O)Nc2ccccc2Cl)c(=O)n(-c2ccccc2Cl)c1)c1cc(Cl)ccc1O. The highest BCUT2D eigenvalue weighted by Gasteiger charge is 2.22. The molecular formula is C25H15Cl3N2O4. The van der Waals surface area contributed by atoms with Crippen molar-refractivity contribution in [2.45, 2.75) is 0 Å². The van der Waals surface area contributed by atoms with Gasteiger partial charge in [-0.2, -0.15) is 0 Å². The molecule has 0 aliphatic rings. The Kier molecular flexibility index (Phi) is 6.75. The Labute approximate surface area is 209 Å². The minimum atomic E-state index is -0.774. The van der Waals surface area contributed by atoms with E-state index >= 15 is 0 Å². The van der Waals surface area contributed by atoms with Crippen molar-refractivity contribution in [2.24, 2.45) is 0 Å². The van der Waals surface area contributed by atoms with Crippen LogP contribution in [0.1, 0.15) is 26.3 Å². The van der Waals surface area contributed by atoms with Crippen molar-refractivity contribution < 1.29 is 14.7 Å². The number of aromatic nitrogens is 1. The summed E-state index contributed by atoms with van der Waals surface area (Å²) in [6.45, 7) is 0. The molecule has 0 fully saturated rings. The molecule has 0 aliphatic heterocycles. The van der Waals surface area contributed by atoms with Gasteiger partial charge in [-0.05, 0) is 48.5 Å². The van der Waals surface area contributed by atoms with E-state index in [1.165, 1.54) is 24.4 Å². The van der Waals surface area contributed by atoms with E-state index in [9.17, 15) is 19.5 Å². The quantitative estimate of drug-likeness (QED) is 0.321. The van der Waals surface area contributed by atoms with E-state index in [2.05, 4.69) is 5.32 Å². The van der Waals surface area contributed by atoms with Crippen LogP contribution < -0.4 is 10.9 Å². The van der Waals surface area contributed by atoms with Crippen molar-refractivity contribution in [2.75, 3.05) is 5.32 Å². The molecule has 0 radical (unpaired) electrons. The molecule has 1 heterocycles. The van der Waals surface area contributed by atoms with E-state index in [0.29, 0.717) is 5.69 Å². The smallest absolute Gasteiger partial charge is 0.268 e. The molecule has 0 bridgehead atoms. The molecule has 0 atom stereocenters. The molecule has 1 amide bonds. The summed E-state index contributed by atoms with van der Waals surface area (Å²) >= 11 is 18.4. The summed E-state index contributed by atoms with van der Waals surface area (Å²) in [7, 11) is 0. The monoisotopic (exact) mass is 512 g/mol. The third-order valence-corrected chi connectivity index (χ3v) is 5.85. The van der Waals surface area contributed by atoms with Gasteiger partial charge in [-0.3, -0.25) is 19.0 Å². The van der Waals surface area contributed by atoms with Crippen LogP contribution in [0.15, 0.2) is 83.8 Å². The van der Waals surface area contributed by atoms with E-state index in [0.717, 1.165) is 10.6 Å². The second kappa shape index (κ2) is 9.73. The van der Waals surface area contributed by atoms with Crippen molar-refractivity contribution in [1.29, 1.82) is 0 Å². The molecule has 0 unspecified atom stereocenters. The molecule has 6 nitrogen and oxygen atoms in total. The van der Waals surface area contributed by atoms with Crippen molar-refractivity contribution in [1.82, 2.24) is 4.57 Å². The number of halogens is 3. The number of hydrogen-bond acceptors (Lipinski definition) is 4. The Bertz CT molecular complexity index is 1500. The lowest BCUT2D eigenvalue weighted by Gasteiger charge is -2.14. The molecule has 3 aromatic carbocycles. The number of benzene rings is 3. The van der Waals surface area contributed by atoms with Crippen LogP contribution in [0.4, 0.5) is 5.69 Å². The Hall–Kier alpha value is -3.58. The number of amides is 1. The fraction of sp³-hybridized carbons (Fsp3) is 0. The fourth-order valence-corrected chi connectivity index (χ4v) is 3.87. The summed E-state index contributed by atoms with van der Waals surface area (Å²) in [5.41, 5.74) is -0.597. The molecule has 2 N–H and O–H groups in total. The lowest BCUT2D eigenvalue weighted by molar-refractivity contribution is 0.102. The standard InChI is InChI=1S/C25H15Cl3N2O4/c26-15-9-10-22(31)16(12-15)23(32)14-11-17(24(33)29-20-7-3-1-5-18(20)27)25(34)30(13-14)21-8-4-2-6-19(21)28/h1-13,31H,(H,29,33). The lowest BCUT2D eigenvalue weighted by Crippen LogP contribution is -2.29. The first kappa shape index (κ1) is 23.6. The van der Waals surface area contributed by atoms with Gasteiger partial charge in [0.2, 0.25) is 0 Å². The lowest BCUT2D eigenvalue weighted by atomic mass is 10.0. The van der Waals surface area contributed by atoms with Crippen LogP contribution in [-0.4, -0.2) is 21.4 Å². The van der Waals surface area contributed by atoms with Crippen molar-refractivity contribution in [3.05, 3.63) is 121 Å². The molecule has 170 valence electrons. The number of hydrogen-bond donors (Lipinski definition) is 2. The zero-order valence-corrected chi connectivity index (χ0v) is 19.5. The summed E-state index contributed by atoms with van der Waals surface area (Å²) in [5.74, 6) is -1.72. The molecule has 0 aliphatic carbocycles. The van der Waals surface area contributed by atoms with E-state index in [4.69, 9.17) is 34.8 Å². The maximum absolute atomic E-state index is 13.3. The average molecular weight is 514 g/mol. The number of rotatable bonds is 5. The predicted molar refractivity (Wildman–Crippen MR) is 133 cm³/mol. The minimum absolute atomic E-state index is 0.0404. The third kappa shape index (κ3) is 4.70. The number of anilines is 1. The van der Waals surface area contributed by atoms with Crippen molar-refractivity contribution in [3.8, 4) is 11.4 Å². The van der Waals surface area contributed by atoms with E-state index < -0.39 is 17.2 Å². The predicted octanol–water partition coefficient (Wildman–Crippen LogP) is 5.99. The zero-order valence-electron chi connectivity index (χ0n) is 17.3. The van der Waals surface area contributed by atoms with Crippen LogP contribution in [0.5, 0.6) is 5.75 Å². The number of para-hydroxylation sites is 2. The van der Waals surface area contributed by atoms with Gasteiger partial charge >= 0.3 is 0 Å². The number of carbonyl (C=O) groups excluding carboxylic acids is 2. The molecule has 4 rings (SSSR count). The highest BCUT2D eigenvalue weighted by molar-refractivity contribution is 6.34. The van der Waals surface area contributed by atoms with Gasteiger partial charge in [-0.15, -0.1) is 0 Å². The number of nitrogens with one attached hydrogen (secondary N) is 1. The van der Waals surface area contributed by atoms with Crippen LogP contribution in [0.2, 0.25) is 15.1 Å². The van der Waals surface area contributed by atoms with E-state index in [1.54, 1.807) is 48.5 Å². The van der Waals surface area contributed by atoms with Gasteiger partial charge in [0.25, 0.3) is 11.5 Å². The normalized spacial score (nSPS) is 10.7. The largest absolute Gasteiger partial charge is 0.507 e. The van der Waals surface area contributed by atoms with Crippen molar-refractivity contribution >= 4 is 52.2 Å². The van der Waals surface area contributed by atoms with Gasteiger partial charge in [-0.25, -0.2) is 0 Å². The Morgan fingerprint density at radius 1 is 0.824 bits per heavy atom. The molecule has 9 heteroatoms. The first-order chi connectivity index (χ1) is 16.3. The number of carbonyl (C=O) groups is 2. The van der Waals surface area contributed by atoms with Crippen LogP contribution in [0, 0.1) is 0 Å². The molecule has 0 saturated heterocycles. The number of nitrogens with zero attached hydrogens (tertiary/aromatic N) is 1. The summed E-state index contributed by atoms with van der Waals surface area (Å²) in [4.78, 5) is 39.7. The van der Waals surface area contributed by atoms with E-state index in [-0.39, 0.29) is 43.2 Å². The number of aromatic hydroxyl groups is 1. The highest BCUT2D eigenvalue weighted by Crippen LogP contribution is 2.26. The second-order valence-corrected chi connectivity index (χ2v) is 8.44. The van der Waals surface area contributed by atoms with Gasteiger partial charge in [0, 0.05) is 16.8 Å². The molecule has 1 aromatic heterocycles. The molecular weight excluding hydrogens is 499 g/mol. The van der Waals surface area contributed by atoms with Gasteiger partial charge in [0.1, 0.15) is 11.3 Å². The van der Waals surface area contributed by atoms with Crippen LogP contribution in [0.3, 0.4) is 0 Å². The number of ketones is 1. The maximum Gasteiger partial charge on any atom is 0.268 e. The fourth-order valence-electron chi connectivity index (χ4n) is 3.29. The van der Waals surface area contributed by atoms with Crippen LogP contribution in [0.25, 0.3) is 5.69 Å².